The van der Waals surface area contributed by atoms with Gasteiger partial charge in [-0.25, -0.2) is 0 Å². The molecule has 7 aromatic rings. The van der Waals surface area contributed by atoms with Crippen LogP contribution in [0.15, 0.2) is 164 Å². The van der Waals surface area contributed by atoms with Crippen molar-refractivity contribution in [2.45, 2.75) is 45.4 Å². The first-order valence-corrected chi connectivity index (χ1v) is 17.9. The average molecular weight is 661 g/mol. The smallest absolute Gasteiger partial charge is 0.0503 e. The molecule has 0 saturated heterocycles. The molecule has 0 unspecified atom stereocenters. The molecule has 0 fully saturated rings. The second-order valence-corrected chi connectivity index (χ2v) is 15.2. The summed E-state index contributed by atoms with van der Waals surface area (Å²) in [6.07, 6.45) is 4.49. The summed E-state index contributed by atoms with van der Waals surface area (Å²) in [4.78, 5) is 4.75. The van der Waals surface area contributed by atoms with Crippen molar-refractivity contribution in [2.24, 2.45) is 0 Å². The Labute approximate surface area is 303 Å². The van der Waals surface area contributed by atoms with Crippen LogP contribution in [-0.4, -0.2) is 0 Å². The predicted octanol–water partition coefficient (Wildman–Crippen LogP) is 13.9. The number of hydrogen-bond acceptors (Lipinski definition) is 2. The Morgan fingerprint density at radius 2 is 1.04 bits per heavy atom. The van der Waals surface area contributed by atoms with Crippen molar-refractivity contribution in [3.8, 4) is 0 Å². The molecule has 0 N–H and O–H groups in total. The van der Waals surface area contributed by atoms with Crippen LogP contribution < -0.4 is 9.80 Å². The van der Waals surface area contributed by atoms with Crippen molar-refractivity contribution in [1.82, 2.24) is 0 Å². The largest absolute Gasteiger partial charge is 0.310 e. The van der Waals surface area contributed by atoms with Crippen LogP contribution in [0.1, 0.15) is 62.4 Å². The first-order chi connectivity index (χ1) is 24.7. The van der Waals surface area contributed by atoms with Crippen LogP contribution >= 0.6 is 0 Å². The van der Waals surface area contributed by atoms with Gasteiger partial charge in [0.15, 0.2) is 0 Å². The monoisotopic (exact) mass is 660 g/mol. The minimum absolute atomic E-state index is 0.111. The molecule has 51 heavy (non-hydrogen) atoms. The van der Waals surface area contributed by atoms with Gasteiger partial charge in [-0.1, -0.05) is 138 Å². The highest BCUT2D eigenvalue weighted by atomic mass is 15.2. The van der Waals surface area contributed by atoms with Crippen LogP contribution in [0.2, 0.25) is 0 Å². The Kier molecular flexibility index (Phi) is 8.11. The SMILES string of the molecule is CC(C)(C)c1ccc(N2c3ccccc3C(C)(C)c3cc(/C=C/c4ccc5cc(N(c6ccccc6)c6ccccc6)ccc5c4)ccc32)cc1. The molecule has 2 heteroatoms. The standard InChI is InChI=1S/C49H44N2/c1-48(2,3)39-26-29-42(30-27-39)51-46-19-13-12-18-44(46)49(4,5)45-33-36(23-31-47(45)51)21-20-35-22-24-38-34-43(28-25-37(38)32-35)50(40-14-8-6-9-15-40)41-16-10-7-11-17-41/h6-34H,1-5H3/b21-20+. The molecule has 2 nitrogen and oxygen atoms in total. The van der Waals surface area contributed by atoms with Crippen LogP contribution in [0, 0.1) is 0 Å². The fourth-order valence-electron chi connectivity index (χ4n) is 7.50. The Hall–Kier alpha value is -5.86. The normalized spacial score (nSPS) is 13.6. The average Bonchev–Trinajstić information content (AvgIpc) is 3.15. The summed E-state index contributed by atoms with van der Waals surface area (Å²) in [5.74, 6) is 0. The van der Waals surface area contributed by atoms with Gasteiger partial charge in [-0.2, -0.15) is 0 Å². The topological polar surface area (TPSA) is 6.48 Å². The van der Waals surface area contributed by atoms with Gasteiger partial charge in [0, 0.05) is 28.2 Å². The fourth-order valence-corrected chi connectivity index (χ4v) is 7.50. The molecule has 0 atom stereocenters. The number of rotatable bonds is 6. The third-order valence-electron chi connectivity index (χ3n) is 10.3. The van der Waals surface area contributed by atoms with E-state index in [9.17, 15) is 0 Å². The predicted molar refractivity (Wildman–Crippen MR) is 220 cm³/mol. The summed E-state index contributed by atoms with van der Waals surface area (Å²) in [5, 5.41) is 2.43. The van der Waals surface area contributed by atoms with E-state index < -0.39 is 0 Å². The van der Waals surface area contributed by atoms with Gasteiger partial charge in [0.1, 0.15) is 0 Å². The zero-order valence-corrected chi connectivity index (χ0v) is 30.1. The molecule has 7 aromatic carbocycles. The number of nitrogens with zero attached hydrogens (tertiary/aromatic N) is 2. The zero-order valence-electron chi connectivity index (χ0n) is 30.1. The van der Waals surface area contributed by atoms with Gasteiger partial charge >= 0.3 is 0 Å². The molecular weight excluding hydrogens is 617 g/mol. The lowest BCUT2D eigenvalue weighted by molar-refractivity contribution is 0.590. The van der Waals surface area contributed by atoms with Crippen LogP contribution in [0.5, 0.6) is 0 Å². The van der Waals surface area contributed by atoms with Crippen LogP contribution in [-0.2, 0) is 10.8 Å². The van der Waals surface area contributed by atoms with Gasteiger partial charge < -0.3 is 9.80 Å². The van der Waals surface area contributed by atoms with Crippen molar-refractivity contribution >= 4 is 57.0 Å². The fraction of sp³-hybridized carbons (Fsp3) is 0.143. The Morgan fingerprint density at radius 1 is 0.490 bits per heavy atom. The van der Waals surface area contributed by atoms with Crippen molar-refractivity contribution in [3.05, 3.63) is 192 Å². The maximum atomic E-state index is 2.43. The van der Waals surface area contributed by atoms with Gasteiger partial charge in [-0.3, -0.25) is 0 Å². The molecule has 0 aromatic heterocycles. The minimum Gasteiger partial charge on any atom is -0.310 e. The maximum Gasteiger partial charge on any atom is 0.0503 e. The molecule has 0 amide bonds. The van der Waals surface area contributed by atoms with Crippen molar-refractivity contribution < 1.29 is 0 Å². The maximum absolute atomic E-state index is 2.43. The summed E-state index contributed by atoms with van der Waals surface area (Å²) < 4.78 is 0. The molecule has 1 heterocycles. The second-order valence-electron chi connectivity index (χ2n) is 15.2. The third-order valence-corrected chi connectivity index (χ3v) is 10.3. The highest BCUT2D eigenvalue weighted by Crippen LogP contribution is 2.52. The summed E-state index contributed by atoms with van der Waals surface area (Å²) >= 11 is 0. The number of hydrogen-bond donors (Lipinski definition) is 0. The van der Waals surface area contributed by atoms with E-state index in [4.69, 9.17) is 0 Å². The summed E-state index contributed by atoms with van der Waals surface area (Å²) in [5.41, 5.74) is 13.4. The lowest BCUT2D eigenvalue weighted by atomic mass is 9.73. The van der Waals surface area contributed by atoms with Crippen LogP contribution in [0.25, 0.3) is 22.9 Å². The molecule has 0 radical (unpaired) electrons. The number of anilines is 6. The zero-order chi connectivity index (χ0) is 35.2. The molecule has 1 aliphatic rings. The van der Waals surface area contributed by atoms with Gasteiger partial charge in [0.2, 0.25) is 0 Å². The number of benzene rings is 7. The third kappa shape index (κ3) is 6.12. The summed E-state index contributed by atoms with van der Waals surface area (Å²) in [6, 6.07) is 59.5. The van der Waals surface area contributed by atoms with Crippen LogP contribution in [0.3, 0.4) is 0 Å². The van der Waals surface area contributed by atoms with Gasteiger partial charge in [0.25, 0.3) is 0 Å². The van der Waals surface area contributed by atoms with E-state index in [2.05, 4.69) is 220 Å². The van der Waals surface area contributed by atoms with E-state index in [0.717, 1.165) is 17.1 Å². The molecule has 0 saturated carbocycles. The Morgan fingerprint density at radius 3 is 1.71 bits per heavy atom. The van der Waals surface area contributed by atoms with E-state index in [1.54, 1.807) is 0 Å². The minimum atomic E-state index is -0.147. The van der Waals surface area contributed by atoms with Crippen molar-refractivity contribution in [2.75, 3.05) is 9.80 Å². The summed E-state index contributed by atoms with van der Waals surface area (Å²) in [6.45, 7) is 11.5. The van der Waals surface area contributed by atoms with Crippen molar-refractivity contribution in [3.63, 3.8) is 0 Å². The van der Waals surface area contributed by atoms with E-state index in [0.29, 0.717) is 0 Å². The molecule has 1 aliphatic heterocycles. The van der Waals surface area contributed by atoms with Crippen molar-refractivity contribution in [1.29, 1.82) is 0 Å². The van der Waals surface area contributed by atoms with Gasteiger partial charge in [0.05, 0.1) is 11.4 Å². The molecule has 0 aliphatic carbocycles. The first kappa shape index (κ1) is 32.4. The lowest BCUT2D eigenvalue weighted by Crippen LogP contribution is -2.30. The lowest BCUT2D eigenvalue weighted by Gasteiger charge is -2.42. The second kappa shape index (κ2) is 12.8. The van der Waals surface area contributed by atoms with Crippen LogP contribution in [0.4, 0.5) is 34.1 Å². The number of para-hydroxylation sites is 3. The quantitative estimate of drug-likeness (QED) is 0.164. The van der Waals surface area contributed by atoms with E-state index in [1.165, 1.54) is 55.7 Å². The van der Waals surface area contributed by atoms with Gasteiger partial charge in [-0.05, 0) is 117 Å². The highest BCUT2D eigenvalue weighted by molar-refractivity contribution is 5.92. The Balaban J connectivity index is 1.11. The molecular formula is C49H44N2. The van der Waals surface area contributed by atoms with Gasteiger partial charge in [-0.15, -0.1) is 0 Å². The van der Waals surface area contributed by atoms with E-state index in [-0.39, 0.29) is 10.8 Å². The first-order valence-electron chi connectivity index (χ1n) is 17.9. The summed E-state index contributed by atoms with van der Waals surface area (Å²) in [7, 11) is 0. The highest BCUT2D eigenvalue weighted by Gasteiger charge is 2.36. The molecule has 8 rings (SSSR count). The van der Waals surface area contributed by atoms with E-state index >= 15 is 0 Å². The number of fused-ring (bicyclic) bond motifs is 3. The molecule has 250 valence electrons. The van der Waals surface area contributed by atoms with E-state index in [1.807, 2.05) is 0 Å². The molecule has 0 spiro atoms. The molecule has 0 bridgehead atoms. The Bertz CT molecular complexity index is 2320.